The third kappa shape index (κ3) is 4.51. The van der Waals surface area contributed by atoms with Crippen molar-refractivity contribution < 1.29 is 0 Å². The topological polar surface area (TPSA) is 49.8 Å². The summed E-state index contributed by atoms with van der Waals surface area (Å²) in [7, 11) is 0. The van der Waals surface area contributed by atoms with Gasteiger partial charge >= 0.3 is 0 Å². The molecule has 4 nitrogen and oxygen atoms in total. The standard InChI is InChI=1S/C14H26N4/c1-6-8-15-13-16-9-11(3)12(18-13)17-10-14(4,5)7-2/h9H,6-8,10H2,1-5H3,(H2,15,16,17,18). The average molecular weight is 250 g/mol. The first kappa shape index (κ1) is 14.7. The summed E-state index contributed by atoms with van der Waals surface area (Å²) in [5.41, 5.74) is 1.37. The van der Waals surface area contributed by atoms with Crippen LogP contribution in [-0.4, -0.2) is 23.1 Å². The first-order valence-corrected chi connectivity index (χ1v) is 6.80. The fourth-order valence-corrected chi connectivity index (χ4v) is 1.39. The molecule has 0 aliphatic rings. The first-order valence-electron chi connectivity index (χ1n) is 6.80. The molecule has 0 saturated carbocycles. The third-order valence-electron chi connectivity index (χ3n) is 3.20. The Bertz CT molecular complexity index is 374. The van der Waals surface area contributed by atoms with Gasteiger partial charge in [0.1, 0.15) is 5.82 Å². The Kier molecular flexibility index (Phi) is 5.38. The van der Waals surface area contributed by atoms with Gasteiger partial charge in [-0.05, 0) is 25.2 Å². The minimum absolute atomic E-state index is 0.286. The summed E-state index contributed by atoms with van der Waals surface area (Å²) in [5.74, 6) is 1.64. The predicted molar refractivity (Wildman–Crippen MR) is 78.1 cm³/mol. The normalized spacial score (nSPS) is 11.4. The second kappa shape index (κ2) is 6.57. The number of anilines is 2. The lowest BCUT2D eigenvalue weighted by molar-refractivity contribution is 0.376. The highest BCUT2D eigenvalue weighted by Gasteiger charge is 2.15. The molecule has 0 amide bonds. The lowest BCUT2D eigenvalue weighted by Gasteiger charge is -2.23. The number of aryl methyl sites for hydroxylation is 1. The summed E-state index contributed by atoms with van der Waals surface area (Å²) in [6.45, 7) is 12.7. The molecule has 102 valence electrons. The van der Waals surface area contributed by atoms with Crippen LogP contribution in [0.2, 0.25) is 0 Å². The first-order chi connectivity index (χ1) is 8.48. The van der Waals surface area contributed by atoms with Crippen LogP contribution in [0.15, 0.2) is 6.20 Å². The summed E-state index contributed by atoms with van der Waals surface area (Å²) >= 11 is 0. The molecule has 0 aromatic carbocycles. The van der Waals surface area contributed by atoms with Crippen molar-refractivity contribution in [3.63, 3.8) is 0 Å². The fourth-order valence-electron chi connectivity index (χ4n) is 1.39. The molecule has 1 aromatic rings. The smallest absolute Gasteiger partial charge is 0.224 e. The van der Waals surface area contributed by atoms with E-state index in [1.807, 2.05) is 13.1 Å². The Morgan fingerprint density at radius 2 is 1.94 bits per heavy atom. The van der Waals surface area contributed by atoms with Gasteiger partial charge in [-0.2, -0.15) is 4.98 Å². The Morgan fingerprint density at radius 1 is 1.22 bits per heavy atom. The molecule has 1 aromatic heterocycles. The van der Waals surface area contributed by atoms with Crippen LogP contribution < -0.4 is 10.6 Å². The Morgan fingerprint density at radius 3 is 2.56 bits per heavy atom. The van der Waals surface area contributed by atoms with Crippen molar-refractivity contribution in [2.24, 2.45) is 5.41 Å². The van der Waals surface area contributed by atoms with E-state index < -0.39 is 0 Å². The SMILES string of the molecule is CCCNc1ncc(C)c(NCC(C)(C)CC)n1. The van der Waals surface area contributed by atoms with E-state index in [2.05, 4.69) is 48.3 Å². The Hall–Kier alpha value is -1.32. The van der Waals surface area contributed by atoms with Crippen LogP contribution in [0.1, 0.15) is 46.1 Å². The van der Waals surface area contributed by atoms with E-state index in [0.717, 1.165) is 37.3 Å². The van der Waals surface area contributed by atoms with Crippen LogP contribution in [0.3, 0.4) is 0 Å². The number of nitrogens with zero attached hydrogens (tertiary/aromatic N) is 2. The van der Waals surface area contributed by atoms with E-state index in [0.29, 0.717) is 5.95 Å². The molecule has 0 spiro atoms. The van der Waals surface area contributed by atoms with Crippen molar-refractivity contribution in [1.29, 1.82) is 0 Å². The Labute approximate surface area is 111 Å². The lowest BCUT2D eigenvalue weighted by Crippen LogP contribution is -2.23. The molecular formula is C14H26N4. The van der Waals surface area contributed by atoms with Crippen molar-refractivity contribution in [2.45, 2.75) is 47.5 Å². The maximum Gasteiger partial charge on any atom is 0.224 e. The minimum Gasteiger partial charge on any atom is -0.369 e. The highest BCUT2D eigenvalue weighted by Crippen LogP contribution is 2.21. The molecule has 0 fully saturated rings. The van der Waals surface area contributed by atoms with Crippen LogP contribution >= 0.6 is 0 Å². The maximum absolute atomic E-state index is 4.51. The molecule has 0 unspecified atom stereocenters. The number of aromatic nitrogens is 2. The van der Waals surface area contributed by atoms with E-state index in [1.165, 1.54) is 0 Å². The number of rotatable bonds is 7. The van der Waals surface area contributed by atoms with Gasteiger partial charge in [-0.15, -0.1) is 0 Å². The van der Waals surface area contributed by atoms with Crippen molar-refractivity contribution in [3.8, 4) is 0 Å². The van der Waals surface area contributed by atoms with Crippen molar-refractivity contribution in [3.05, 3.63) is 11.8 Å². The molecular weight excluding hydrogens is 224 g/mol. The van der Waals surface area contributed by atoms with Gasteiger partial charge in [0, 0.05) is 24.8 Å². The van der Waals surface area contributed by atoms with Gasteiger partial charge in [-0.1, -0.05) is 27.7 Å². The number of hydrogen-bond donors (Lipinski definition) is 2. The zero-order valence-electron chi connectivity index (χ0n) is 12.3. The third-order valence-corrected chi connectivity index (χ3v) is 3.20. The average Bonchev–Trinajstić information content (AvgIpc) is 2.36. The van der Waals surface area contributed by atoms with Gasteiger partial charge in [-0.3, -0.25) is 0 Å². The van der Waals surface area contributed by atoms with Crippen molar-refractivity contribution in [1.82, 2.24) is 9.97 Å². The molecule has 0 saturated heterocycles. The van der Waals surface area contributed by atoms with Gasteiger partial charge in [0.2, 0.25) is 5.95 Å². The molecule has 0 aliphatic heterocycles. The van der Waals surface area contributed by atoms with Crippen LogP contribution in [0, 0.1) is 12.3 Å². The summed E-state index contributed by atoms with van der Waals surface area (Å²) in [5, 5.41) is 6.64. The van der Waals surface area contributed by atoms with Gasteiger partial charge in [0.15, 0.2) is 0 Å². The summed E-state index contributed by atoms with van der Waals surface area (Å²) in [6.07, 6.45) is 4.08. The quantitative estimate of drug-likeness (QED) is 0.778. The zero-order valence-corrected chi connectivity index (χ0v) is 12.3. The van der Waals surface area contributed by atoms with E-state index in [4.69, 9.17) is 0 Å². The van der Waals surface area contributed by atoms with E-state index in [-0.39, 0.29) is 5.41 Å². The van der Waals surface area contributed by atoms with Crippen LogP contribution in [-0.2, 0) is 0 Å². The molecule has 0 radical (unpaired) electrons. The van der Waals surface area contributed by atoms with Gasteiger partial charge in [0.25, 0.3) is 0 Å². The summed E-state index contributed by atoms with van der Waals surface area (Å²) in [6, 6.07) is 0. The van der Waals surface area contributed by atoms with E-state index >= 15 is 0 Å². The van der Waals surface area contributed by atoms with Crippen molar-refractivity contribution in [2.75, 3.05) is 23.7 Å². The lowest BCUT2D eigenvalue weighted by atomic mass is 9.90. The molecule has 4 heteroatoms. The summed E-state index contributed by atoms with van der Waals surface area (Å²) in [4.78, 5) is 8.79. The largest absolute Gasteiger partial charge is 0.369 e. The predicted octanol–water partition coefficient (Wildman–Crippen LogP) is 3.46. The number of nitrogens with one attached hydrogen (secondary N) is 2. The van der Waals surface area contributed by atoms with Crippen LogP contribution in [0.5, 0.6) is 0 Å². The summed E-state index contributed by atoms with van der Waals surface area (Å²) < 4.78 is 0. The monoisotopic (exact) mass is 250 g/mol. The Balaban J connectivity index is 2.69. The molecule has 18 heavy (non-hydrogen) atoms. The fraction of sp³-hybridized carbons (Fsp3) is 0.714. The highest BCUT2D eigenvalue weighted by atomic mass is 15.1. The van der Waals surface area contributed by atoms with E-state index in [1.54, 1.807) is 0 Å². The molecule has 1 rings (SSSR count). The molecule has 1 heterocycles. The minimum atomic E-state index is 0.286. The van der Waals surface area contributed by atoms with Gasteiger partial charge < -0.3 is 10.6 Å². The van der Waals surface area contributed by atoms with Crippen molar-refractivity contribution >= 4 is 11.8 Å². The molecule has 0 aliphatic carbocycles. The molecule has 0 bridgehead atoms. The molecule has 0 atom stereocenters. The van der Waals surface area contributed by atoms with Crippen LogP contribution in [0.4, 0.5) is 11.8 Å². The zero-order chi connectivity index (χ0) is 13.6. The maximum atomic E-state index is 4.51. The molecule has 2 N–H and O–H groups in total. The second-order valence-electron chi connectivity index (χ2n) is 5.52. The van der Waals surface area contributed by atoms with E-state index in [9.17, 15) is 0 Å². The van der Waals surface area contributed by atoms with Crippen LogP contribution in [0.25, 0.3) is 0 Å². The van der Waals surface area contributed by atoms with Gasteiger partial charge in [0.05, 0.1) is 0 Å². The number of hydrogen-bond acceptors (Lipinski definition) is 4. The van der Waals surface area contributed by atoms with Gasteiger partial charge in [-0.25, -0.2) is 4.98 Å². The second-order valence-corrected chi connectivity index (χ2v) is 5.52. The highest BCUT2D eigenvalue weighted by molar-refractivity contribution is 5.46.